The minimum Gasteiger partial charge on any atom is -0.495 e. The molecule has 1 aliphatic heterocycles. The minimum absolute atomic E-state index is 0.0433. The molecule has 0 aromatic heterocycles. The normalized spacial score (nSPS) is 14.5. The van der Waals surface area contributed by atoms with Crippen molar-refractivity contribution in [1.82, 2.24) is 0 Å². The molecule has 1 aliphatic rings. The van der Waals surface area contributed by atoms with E-state index in [1.807, 2.05) is 0 Å². The van der Waals surface area contributed by atoms with E-state index in [9.17, 15) is 9.59 Å². The molecule has 0 N–H and O–H groups in total. The Morgan fingerprint density at radius 1 is 1.17 bits per heavy atom. The zero-order valence-corrected chi connectivity index (χ0v) is 13.7. The van der Waals surface area contributed by atoms with Gasteiger partial charge in [-0.25, -0.2) is 9.59 Å². The van der Waals surface area contributed by atoms with E-state index in [-0.39, 0.29) is 24.6 Å². The molecule has 7 nitrogen and oxygen atoms in total. The first-order valence-electron chi connectivity index (χ1n) is 6.62. The highest BCUT2D eigenvalue weighted by atomic mass is 35.5. The summed E-state index contributed by atoms with van der Waals surface area (Å²) in [5, 5.41) is 0.422. The van der Waals surface area contributed by atoms with Crippen LogP contribution in [0.1, 0.15) is 0 Å². The molecular weight excluding hydrogens is 326 g/mol. The lowest BCUT2D eigenvalue weighted by molar-refractivity contribution is -0.140. The monoisotopic (exact) mass is 341 g/mol. The number of carbonyl (C=O) groups is 2. The predicted molar refractivity (Wildman–Crippen MR) is 82.4 cm³/mol. The quantitative estimate of drug-likeness (QED) is 0.772. The van der Waals surface area contributed by atoms with Crippen molar-refractivity contribution in [2.24, 2.45) is 0 Å². The zero-order valence-electron chi connectivity index (χ0n) is 12.9. The van der Waals surface area contributed by atoms with Gasteiger partial charge in [-0.2, -0.15) is 0 Å². The number of nitrogens with zero attached hydrogens (tertiary/aromatic N) is 1. The van der Waals surface area contributed by atoms with E-state index < -0.39 is 11.9 Å². The Labute approximate surface area is 138 Å². The van der Waals surface area contributed by atoms with Gasteiger partial charge in [0.1, 0.15) is 18.2 Å². The maximum atomic E-state index is 12.2. The molecule has 23 heavy (non-hydrogen) atoms. The number of carbonyl (C=O) groups excluding carboxylic acids is 2. The van der Waals surface area contributed by atoms with Crippen LogP contribution in [0.3, 0.4) is 0 Å². The van der Waals surface area contributed by atoms with E-state index in [4.69, 9.17) is 30.5 Å². The third-order valence-electron chi connectivity index (χ3n) is 3.28. The molecule has 0 spiro atoms. The molecule has 124 valence electrons. The largest absolute Gasteiger partial charge is 0.495 e. The lowest BCUT2D eigenvalue weighted by Crippen LogP contribution is -2.38. The molecule has 0 saturated heterocycles. The second-order valence-corrected chi connectivity index (χ2v) is 4.94. The van der Waals surface area contributed by atoms with Gasteiger partial charge in [0.05, 0.1) is 38.5 Å². The fourth-order valence-corrected chi connectivity index (χ4v) is 2.36. The van der Waals surface area contributed by atoms with Crippen molar-refractivity contribution in [1.29, 1.82) is 0 Å². The summed E-state index contributed by atoms with van der Waals surface area (Å²) >= 11 is 6.01. The minimum atomic E-state index is -0.664. The zero-order chi connectivity index (χ0) is 17.0. The number of halogens is 1. The number of hydrogen-bond donors (Lipinski definition) is 0. The van der Waals surface area contributed by atoms with Crippen LogP contribution < -0.4 is 9.64 Å². The highest BCUT2D eigenvalue weighted by molar-refractivity contribution is 6.32. The van der Waals surface area contributed by atoms with Gasteiger partial charge >= 0.3 is 11.9 Å². The standard InChI is InChI=1S/C15H16ClNO6/c1-20-12-6-9(4-5-11(12)16)17-8-23-7-10(14(18)21-2)13(17)15(19)22-3/h4-6H,7-8H2,1-3H3. The van der Waals surface area contributed by atoms with Crippen LogP contribution in [0.2, 0.25) is 5.02 Å². The molecule has 2 rings (SSSR count). The molecule has 0 radical (unpaired) electrons. The Kier molecular flexibility index (Phi) is 5.46. The number of methoxy groups -OCH3 is 3. The fraction of sp³-hybridized carbons (Fsp3) is 0.333. The number of esters is 2. The van der Waals surface area contributed by atoms with Gasteiger partial charge in [0.15, 0.2) is 0 Å². The smallest absolute Gasteiger partial charge is 0.355 e. The summed E-state index contributed by atoms with van der Waals surface area (Å²) < 4.78 is 20.1. The summed E-state index contributed by atoms with van der Waals surface area (Å²) in [6.45, 7) is 0.0219. The SMILES string of the molecule is COC(=O)C1=C(C(=O)OC)N(c2ccc(Cl)c(OC)c2)COC1. The summed E-state index contributed by atoms with van der Waals surface area (Å²) in [4.78, 5) is 25.6. The van der Waals surface area contributed by atoms with Crippen LogP contribution in [-0.4, -0.2) is 46.6 Å². The maximum Gasteiger partial charge on any atom is 0.355 e. The molecule has 0 aliphatic carbocycles. The van der Waals surface area contributed by atoms with E-state index >= 15 is 0 Å². The van der Waals surface area contributed by atoms with Crippen LogP contribution in [0.15, 0.2) is 29.5 Å². The molecule has 1 heterocycles. The van der Waals surface area contributed by atoms with Gasteiger partial charge in [-0.15, -0.1) is 0 Å². The van der Waals surface area contributed by atoms with Gasteiger partial charge < -0.3 is 23.8 Å². The van der Waals surface area contributed by atoms with Gasteiger partial charge in [0.2, 0.25) is 0 Å². The van der Waals surface area contributed by atoms with E-state index in [0.29, 0.717) is 16.5 Å². The average Bonchev–Trinajstić information content (AvgIpc) is 2.60. The molecule has 0 amide bonds. The maximum absolute atomic E-state index is 12.2. The van der Waals surface area contributed by atoms with E-state index in [0.717, 1.165) is 0 Å². The summed E-state index contributed by atoms with van der Waals surface area (Å²) in [5.41, 5.74) is 0.710. The van der Waals surface area contributed by atoms with Gasteiger partial charge in [-0.05, 0) is 12.1 Å². The van der Waals surface area contributed by atoms with Crippen LogP contribution in [0, 0.1) is 0 Å². The highest BCUT2D eigenvalue weighted by Gasteiger charge is 2.32. The van der Waals surface area contributed by atoms with Crippen molar-refractivity contribution in [3.05, 3.63) is 34.5 Å². The number of benzene rings is 1. The lowest BCUT2D eigenvalue weighted by atomic mass is 10.1. The second kappa shape index (κ2) is 7.34. The van der Waals surface area contributed by atoms with Crippen molar-refractivity contribution in [3.63, 3.8) is 0 Å². The Balaban J connectivity index is 2.55. The highest BCUT2D eigenvalue weighted by Crippen LogP contribution is 2.33. The molecule has 1 aromatic carbocycles. The predicted octanol–water partition coefficient (Wildman–Crippen LogP) is 1.74. The van der Waals surface area contributed by atoms with Crippen molar-refractivity contribution >= 4 is 29.2 Å². The van der Waals surface area contributed by atoms with Gasteiger partial charge in [0.25, 0.3) is 0 Å². The first-order valence-corrected chi connectivity index (χ1v) is 6.99. The molecular formula is C15H16ClNO6. The summed E-state index contributed by atoms with van der Waals surface area (Å²) in [6, 6.07) is 4.93. The summed E-state index contributed by atoms with van der Waals surface area (Å²) in [6.07, 6.45) is 0. The van der Waals surface area contributed by atoms with Gasteiger partial charge in [0, 0.05) is 11.8 Å². The molecule has 8 heteroatoms. The van der Waals surface area contributed by atoms with Crippen LogP contribution >= 0.6 is 11.6 Å². The van der Waals surface area contributed by atoms with Crippen molar-refractivity contribution in [2.75, 3.05) is 39.6 Å². The first kappa shape index (κ1) is 17.1. The number of rotatable bonds is 4. The van der Waals surface area contributed by atoms with Crippen LogP contribution in [-0.2, 0) is 23.8 Å². The first-order chi connectivity index (χ1) is 11.0. The molecule has 0 unspecified atom stereocenters. The number of anilines is 1. The van der Waals surface area contributed by atoms with Gasteiger partial charge in [-0.1, -0.05) is 11.6 Å². The van der Waals surface area contributed by atoms with Gasteiger partial charge in [-0.3, -0.25) is 0 Å². The van der Waals surface area contributed by atoms with Crippen LogP contribution in [0.5, 0.6) is 5.75 Å². The van der Waals surface area contributed by atoms with Crippen molar-refractivity contribution in [2.45, 2.75) is 0 Å². The third-order valence-corrected chi connectivity index (χ3v) is 3.59. The Morgan fingerprint density at radius 2 is 1.87 bits per heavy atom. The number of ether oxygens (including phenoxy) is 4. The third kappa shape index (κ3) is 3.40. The molecule has 0 saturated carbocycles. The average molecular weight is 342 g/mol. The van der Waals surface area contributed by atoms with E-state index in [1.165, 1.54) is 26.2 Å². The Bertz CT molecular complexity index is 657. The van der Waals surface area contributed by atoms with Crippen LogP contribution in [0.4, 0.5) is 5.69 Å². The molecule has 0 atom stereocenters. The van der Waals surface area contributed by atoms with Crippen molar-refractivity contribution in [3.8, 4) is 5.75 Å². The lowest BCUT2D eigenvalue weighted by Gasteiger charge is -2.31. The number of hydrogen-bond acceptors (Lipinski definition) is 7. The molecule has 0 fully saturated rings. The summed E-state index contributed by atoms with van der Waals surface area (Å²) in [7, 11) is 3.95. The molecule has 1 aromatic rings. The Morgan fingerprint density at radius 3 is 2.48 bits per heavy atom. The van der Waals surface area contributed by atoms with Crippen LogP contribution in [0.25, 0.3) is 0 Å². The molecule has 0 bridgehead atoms. The Hall–Kier alpha value is -2.25. The topological polar surface area (TPSA) is 74.3 Å². The van der Waals surface area contributed by atoms with Crippen molar-refractivity contribution < 1.29 is 28.5 Å². The van der Waals surface area contributed by atoms with E-state index in [1.54, 1.807) is 18.2 Å². The second-order valence-electron chi connectivity index (χ2n) is 4.53. The summed E-state index contributed by atoms with van der Waals surface area (Å²) in [5.74, 6) is -0.891. The van der Waals surface area contributed by atoms with E-state index in [2.05, 4.69) is 0 Å². The fourth-order valence-electron chi connectivity index (χ4n) is 2.16.